The fourth-order valence-corrected chi connectivity index (χ4v) is 2.79. The lowest BCUT2D eigenvalue weighted by Crippen LogP contribution is -2.13. The topological polar surface area (TPSA) is 49.8 Å². The fraction of sp³-hybridized carbons (Fsp3) is 0.111. The van der Waals surface area contributed by atoms with Crippen LogP contribution in [0.2, 0.25) is 0 Å². The molecule has 0 spiro atoms. The van der Waals surface area contributed by atoms with Crippen LogP contribution >= 0.6 is 22.6 Å². The maximum absolute atomic E-state index is 13.3. The molecule has 0 aliphatic heterocycles. The van der Waals surface area contributed by atoms with Crippen LogP contribution in [0.5, 0.6) is 0 Å². The molecule has 3 aromatic rings. The molecule has 1 heterocycles. The van der Waals surface area contributed by atoms with Gasteiger partial charge in [-0.1, -0.05) is 30.3 Å². The first-order valence-electron chi connectivity index (χ1n) is 7.63. The highest BCUT2D eigenvalue weighted by Crippen LogP contribution is 2.36. The van der Waals surface area contributed by atoms with Crippen molar-refractivity contribution in [3.63, 3.8) is 0 Å². The van der Waals surface area contributed by atoms with Gasteiger partial charge in [0, 0.05) is 15.5 Å². The van der Waals surface area contributed by atoms with E-state index in [1.54, 1.807) is 18.2 Å². The van der Waals surface area contributed by atoms with Gasteiger partial charge in [-0.05, 0) is 53.3 Å². The summed E-state index contributed by atoms with van der Waals surface area (Å²) in [5.41, 5.74) is 1.28. The molecule has 3 rings (SSSR count). The van der Waals surface area contributed by atoms with Crippen LogP contribution in [0.25, 0.3) is 0 Å². The molecule has 1 aromatic heterocycles. The van der Waals surface area contributed by atoms with Gasteiger partial charge in [-0.3, -0.25) is 0 Å². The minimum Gasteiger partial charge on any atom is -0.339 e. The first-order valence-corrected chi connectivity index (χ1v) is 8.71. The Morgan fingerprint density at radius 2 is 1.58 bits per heavy atom. The number of para-hydroxylation sites is 2. The van der Waals surface area contributed by atoms with Gasteiger partial charge in [0.2, 0.25) is 5.95 Å². The van der Waals surface area contributed by atoms with Gasteiger partial charge >= 0.3 is 6.18 Å². The van der Waals surface area contributed by atoms with Crippen molar-refractivity contribution in [2.45, 2.75) is 13.1 Å². The van der Waals surface area contributed by atoms with Crippen LogP contribution < -0.4 is 10.6 Å². The summed E-state index contributed by atoms with van der Waals surface area (Å²) in [4.78, 5) is 7.88. The van der Waals surface area contributed by atoms with Crippen LogP contribution in [0, 0.1) is 10.5 Å². The lowest BCUT2D eigenvalue weighted by atomic mass is 10.2. The van der Waals surface area contributed by atoms with Gasteiger partial charge in [-0.2, -0.15) is 18.2 Å². The van der Waals surface area contributed by atoms with E-state index in [0.717, 1.165) is 21.0 Å². The van der Waals surface area contributed by atoms with E-state index >= 15 is 0 Å². The summed E-state index contributed by atoms with van der Waals surface area (Å²) in [6.45, 7) is 1.89. The lowest BCUT2D eigenvalue weighted by molar-refractivity contribution is -0.137. The summed E-state index contributed by atoms with van der Waals surface area (Å²) in [6.07, 6.45) is -3.78. The van der Waals surface area contributed by atoms with Gasteiger partial charge in [-0.15, -0.1) is 0 Å². The van der Waals surface area contributed by atoms with E-state index in [9.17, 15) is 13.2 Å². The molecule has 0 aliphatic carbocycles. The van der Waals surface area contributed by atoms with E-state index in [4.69, 9.17) is 0 Å². The summed E-state index contributed by atoms with van der Waals surface area (Å²) < 4.78 is 40.8. The third-order valence-corrected chi connectivity index (χ3v) is 4.55. The zero-order valence-corrected chi connectivity index (χ0v) is 15.8. The van der Waals surface area contributed by atoms with Crippen molar-refractivity contribution in [1.82, 2.24) is 9.97 Å². The van der Waals surface area contributed by atoms with Crippen LogP contribution in [-0.4, -0.2) is 9.97 Å². The zero-order chi connectivity index (χ0) is 18.7. The molecule has 26 heavy (non-hydrogen) atoms. The molecule has 0 atom stereocenters. The van der Waals surface area contributed by atoms with Gasteiger partial charge in [0.05, 0.1) is 5.69 Å². The molecule has 0 saturated carbocycles. The van der Waals surface area contributed by atoms with E-state index in [1.807, 2.05) is 59.8 Å². The summed E-state index contributed by atoms with van der Waals surface area (Å²) in [7, 11) is 0. The van der Waals surface area contributed by atoms with Crippen molar-refractivity contribution >= 4 is 45.7 Å². The van der Waals surface area contributed by atoms with Crippen molar-refractivity contribution < 1.29 is 13.2 Å². The number of aromatic nitrogens is 2. The number of alkyl halides is 3. The van der Waals surface area contributed by atoms with Crippen molar-refractivity contribution in [3.8, 4) is 0 Å². The van der Waals surface area contributed by atoms with Crippen LogP contribution in [0.4, 0.5) is 36.3 Å². The van der Waals surface area contributed by atoms with Crippen LogP contribution in [0.1, 0.15) is 11.1 Å². The lowest BCUT2D eigenvalue weighted by Gasteiger charge is -2.16. The second-order valence-electron chi connectivity index (χ2n) is 5.50. The van der Waals surface area contributed by atoms with E-state index < -0.39 is 11.7 Å². The Hall–Kier alpha value is -2.36. The Bertz CT molecular complexity index is 928. The Morgan fingerprint density at radius 1 is 0.923 bits per heavy atom. The monoisotopic (exact) mass is 470 g/mol. The van der Waals surface area contributed by atoms with Crippen molar-refractivity contribution in [1.29, 1.82) is 0 Å². The number of hydrogen-bond acceptors (Lipinski definition) is 4. The number of benzene rings is 2. The number of nitrogens with zero attached hydrogens (tertiary/aromatic N) is 2. The number of halogens is 4. The highest BCUT2D eigenvalue weighted by Gasteiger charge is 2.35. The Morgan fingerprint density at radius 3 is 2.23 bits per heavy atom. The Labute approximate surface area is 162 Å². The molecule has 0 saturated heterocycles. The molecule has 134 valence electrons. The molecule has 0 bridgehead atoms. The third kappa shape index (κ3) is 4.24. The molecule has 2 N–H and O–H groups in total. The maximum Gasteiger partial charge on any atom is 0.421 e. The molecule has 0 amide bonds. The second-order valence-corrected chi connectivity index (χ2v) is 6.66. The SMILES string of the molecule is Cc1ccccc1Nc1ncc(C(F)(F)F)c(Nc2ccccc2I)n1. The number of aryl methyl sites for hydroxylation is 1. The smallest absolute Gasteiger partial charge is 0.339 e. The highest BCUT2D eigenvalue weighted by molar-refractivity contribution is 14.1. The molecule has 2 aromatic carbocycles. The molecular formula is C18H14F3IN4. The average molecular weight is 470 g/mol. The van der Waals surface area contributed by atoms with Gasteiger partial charge in [0.25, 0.3) is 0 Å². The van der Waals surface area contributed by atoms with E-state index in [1.165, 1.54) is 0 Å². The molecule has 8 heteroatoms. The Balaban J connectivity index is 1.99. The minimum atomic E-state index is -4.57. The normalized spacial score (nSPS) is 11.3. The predicted octanol–water partition coefficient (Wildman–Crippen LogP) is 5.90. The van der Waals surface area contributed by atoms with Crippen LogP contribution in [-0.2, 0) is 6.18 Å². The number of rotatable bonds is 4. The molecule has 0 aliphatic rings. The van der Waals surface area contributed by atoms with E-state index in [0.29, 0.717) is 5.69 Å². The largest absolute Gasteiger partial charge is 0.421 e. The zero-order valence-electron chi connectivity index (χ0n) is 13.6. The maximum atomic E-state index is 13.3. The van der Waals surface area contributed by atoms with Crippen LogP contribution in [0.15, 0.2) is 54.7 Å². The summed E-state index contributed by atoms with van der Waals surface area (Å²) >= 11 is 2.05. The molecular weight excluding hydrogens is 456 g/mol. The third-order valence-electron chi connectivity index (χ3n) is 3.61. The molecule has 0 unspecified atom stereocenters. The molecule has 0 radical (unpaired) electrons. The van der Waals surface area contributed by atoms with Crippen molar-refractivity contribution in [2.75, 3.05) is 10.6 Å². The summed E-state index contributed by atoms with van der Waals surface area (Å²) in [6, 6.07) is 14.4. The first-order chi connectivity index (χ1) is 12.3. The molecule has 0 fully saturated rings. The fourth-order valence-electron chi connectivity index (χ4n) is 2.27. The predicted molar refractivity (Wildman–Crippen MR) is 104 cm³/mol. The number of anilines is 4. The Kier molecular flexibility index (Phi) is 5.30. The standard InChI is InChI=1S/C18H14F3IN4/c1-11-6-2-4-8-14(11)25-17-23-10-12(18(19,20)21)16(26-17)24-15-9-5-3-7-13(15)22/h2-10H,1H3,(H2,23,24,25,26). The van der Waals surface area contributed by atoms with Crippen molar-refractivity contribution in [2.24, 2.45) is 0 Å². The van der Waals surface area contributed by atoms with Gasteiger partial charge in [0.1, 0.15) is 11.4 Å². The van der Waals surface area contributed by atoms with Crippen LogP contribution in [0.3, 0.4) is 0 Å². The number of nitrogens with one attached hydrogen (secondary N) is 2. The quantitative estimate of drug-likeness (QED) is 0.467. The molecule has 4 nitrogen and oxygen atoms in total. The number of hydrogen-bond donors (Lipinski definition) is 2. The second kappa shape index (κ2) is 7.48. The minimum absolute atomic E-state index is 0.0840. The van der Waals surface area contributed by atoms with Gasteiger partial charge in [-0.25, -0.2) is 4.98 Å². The van der Waals surface area contributed by atoms with Gasteiger partial charge < -0.3 is 10.6 Å². The highest BCUT2D eigenvalue weighted by atomic mass is 127. The first kappa shape index (κ1) is 18.4. The van der Waals surface area contributed by atoms with Gasteiger partial charge in [0.15, 0.2) is 0 Å². The summed E-state index contributed by atoms with van der Waals surface area (Å²) in [5.74, 6) is -0.214. The summed E-state index contributed by atoms with van der Waals surface area (Å²) in [5, 5.41) is 5.73. The average Bonchev–Trinajstić information content (AvgIpc) is 2.58. The van der Waals surface area contributed by atoms with E-state index in [-0.39, 0.29) is 11.8 Å². The van der Waals surface area contributed by atoms with Crippen molar-refractivity contribution in [3.05, 3.63) is 69.4 Å². The van der Waals surface area contributed by atoms with E-state index in [2.05, 4.69) is 20.6 Å².